The molecule has 0 amide bonds. The van der Waals surface area contributed by atoms with Crippen molar-refractivity contribution in [2.24, 2.45) is 11.7 Å². The van der Waals surface area contributed by atoms with Gasteiger partial charge in [-0.25, -0.2) is 4.98 Å². The van der Waals surface area contributed by atoms with E-state index in [0.717, 1.165) is 24.1 Å². The molecular weight excluding hydrogens is 226 g/mol. The number of nitrogens with zero attached hydrogens (tertiary/aromatic N) is 4. The molecule has 0 radical (unpaired) electrons. The zero-order valence-corrected chi connectivity index (χ0v) is 10.7. The molecule has 0 spiro atoms. The van der Waals surface area contributed by atoms with Crippen LogP contribution in [0, 0.1) is 5.92 Å². The second-order valence-corrected chi connectivity index (χ2v) is 5.34. The highest BCUT2D eigenvalue weighted by Gasteiger charge is 2.43. The first-order chi connectivity index (χ1) is 8.58. The average molecular weight is 243 g/mol. The van der Waals surface area contributed by atoms with Gasteiger partial charge in [0.2, 0.25) is 5.95 Å². The predicted octanol–water partition coefficient (Wildman–Crippen LogP) is 1.20. The molecule has 0 saturated carbocycles. The van der Waals surface area contributed by atoms with Crippen LogP contribution < -0.4 is 10.6 Å². The van der Waals surface area contributed by atoms with Crippen LogP contribution in [0.2, 0.25) is 0 Å². The Kier molecular flexibility index (Phi) is 2.45. The molecule has 18 heavy (non-hydrogen) atoms. The maximum absolute atomic E-state index is 6.27. The predicted molar refractivity (Wildman–Crippen MR) is 71.3 cm³/mol. The third-order valence-electron chi connectivity index (χ3n) is 3.75. The first-order valence-corrected chi connectivity index (χ1v) is 6.22. The minimum Gasteiger partial charge on any atom is -0.336 e. The Bertz CT molecular complexity index is 574. The maximum atomic E-state index is 6.27. The average Bonchev–Trinajstić information content (AvgIpc) is 2.34. The third-order valence-corrected chi connectivity index (χ3v) is 3.75. The van der Waals surface area contributed by atoms with E-state index in [1.54, 1.807) is 0 Å². The number of hydrogen-bond acceptors (Lipinski definition) is 5. The van der Waals surface area contributed by atoms with Crippen molar-refractivity contribution in [2.75, 3.05) is 18.0 Å². The summed E-state index contributed by atoms with van der Waals surface area (Å²) in [7, 11) is 0. The lowest BCUT2D eigenvalue weighted by atomic mass is 9.80. The molecule has 94 valence electrons. The van der Waals surface area contributed by atoms with Gasteiger partial charge in [-0.3, -0.25) is 0 Å². The summed E-state index contributed by atoms with van der Waals surface area (Å²) in [5, 5.41) is 8.34. The van der Waals surface area contributed by atoms with Gasteiger partial charge < -0.3 is 10.6 Å². The largest absolute Gasteiger partial charge is 0.336 e. The Hall–Kier alpha value is -1.75. The Morgan fingerprint density at radius 1 is 1.17 bits per heavy atom. The lowest BCUT2D eigenvalue weighted by Crippen LogP contribution is -2.70. The van der Waals surface area contributed by atoms with Crippen LogP contribution in [0.1, 0.15) is 13.8 Å². The summed E-state index contributed by atoms with van der Waals surface area (Å²) in [6.45, 7) is 5.89. The van der Waals surface area contributed by atoms with Crippen molar-refractivity contribution in [3.8, 4) is 0 Å². The van der Waals surface area contributed by atoms with E-state index in [1.807, 2.05) is 24.3 Å². The molecule has 1 aromatic heterocycles. The van der Waals surface area contributed by atoms with Crippen LogP contribution >= 0.6 is 0 Å². The first kappa shape index (κ1) is 11.3. The number of anilines is 1. The zero-order chi connectivity index (χ0) is 12.8. The van der Waals surface area contributed by atoms with Crippen LogP contribution in [0.15, 0.2) is 24.3 Å². The molecule has 1 fully saturated rings. The minimum absolute atomic E-state index is 0.116. The van der Waals surface area contributed by atoms with Crippen molar-refractivity contribution in [3.05, 3.63) is 24.3 Å². The molecule has 0 atom stereocenters. The SMILES string of the molecule is CC(C)C1(N)CN(c2nnc3ccccc3n2)C1. The Balaban J connectivity index is 1.85. The van der Waals surface area contributed by atoms with Gasteiger partial charge in [0, 0.05) is 13.1 Å². The van der Waals surface area contributed by atoms with Gasteiger partial charge in [0.1, 0.15) is 5.52 Å². The fourth-order valence-electron chi connectivity index (χ4n) is 2.18. The van der Waals surface area contributed by atoms with Crippen molar-refractivity contribution in [1.82, 2.24) is 15.2 Å². The standard InChI is InChI=1S/C13H17N5/c1-9(2)13(14)7-18(8-13)12-15-10-5-3-4-6-11(10)16-17-12/h3-6,9H,7-8,14H2,1-2H3. The molecule has 1 aromatic carbocycles. The number of fused-ring (bicyclic) bond motifs is 1. The van der Waals surface area contributed by atoms with E-state index < -0.39 is 0 Å². The van der Waals surface area contributed by atoms with Gasteiger partial charge in [0.05, 0.1) is 11.1 Å². The van der Waals surface area contributed by atoms with Crippen LogP contribution in [0.25, 0.3) is 11.0 Å². The molecule has 2 aromatic rings. The van der Waals surface area contributed by atoms with Gasteiger partial charge in [-0.1, -0.05) is 26.0 Å². The highest BCUT2D eigenvalue weighted by Crippen LogP contribution is 2.29. The fourth-order valence-corrected chi connectivity index (χ4v) is 2.18. The summed E-state index contributed by atoms with van der Waals surface area (Å²) in [4.78, 5) is 6.60. The molecule has 3 rings (SSSR count). The van der Waals surface area contributed by atoms with E-state index in [-0.39, 0.29) is 5.54 Å². The van der Waals surface area contributed by atoms with Gasteiger partial charge in [0.25, 0.3) is 0 Å². The molecule has 5 heteroatoms. The summed E-state index contributed by atoms with van der Waals surface area (Å²) in [5.41, 5.74) is 7.85. The number of benzene rings is 1. The van der Waals surface area contributed by atoms with E-state index in [2.05, 4.69) is 33.9 Å². The summed E-state index contributed by atoms with van der Waals surface area (Å²) in [5.74, 6) is 1.14. The minimum atomic E-state index is -0.116. The molecule has 1 aliphatic heterocycles. The summed E-state index contributed by atoms with van der Waals surface area (Å²) < 4.78 is 0. The van der Waals surface area contributed by atoms with Crippen molar-refractivity contribution >= 4 is 17.0 Å². The van der Waals surface area contributed by atoms with E-state index in [0.29, 0.717) is 11.9 Å². The van der Waals surface area contributed by atoms with Gasteiger partial charge >= 0.3 is 0 Å². The summed E-state index contributed by atoms with van der Waals surface area (Å²) in [6, 6.07) is 7.76. The van der Waals surface area contributed by atoms with Crippen molar-refractivity contribution < 1.29 is 0 Å². The molecule has 1 aliphatic rings. The maximum Gasteiger partial charge on any atom is 0.246 e. The Morgan fingerprint density at radius 2 is 1.83 bits per heavy atom. The highest BCUT2D eigenvalue weighted by atomic mass is 15.4. The smallest absolute Gasteiger partial charge is 0.246 e. The van der Waals surface area contributed by atoms with E-state index in [4.69, 9.17) is 5.73 Å². The molecule has 1 saturated heterocycles. The zero-order valence-electron chi connectivity index (χ0n) is 10.7. The highest BCUT2D eigenvalue weighted by molar-refractivity contribution is 5.74. The number of nitrogens with two attached hydrogens (primary N) is 1. The van der Waals surface area contributed by atoms with Crippen molar-refractivity contribution in [3.63, 3.8) is 0 Å². The van der Waals surface area contributed by atoms with E-state index in [9.17, 15) is 0 Å². The quantitative estimate of drug-likeness (QED) is 0.858. The van der Waals surface area contributed by atoms with Crippen LogP contribution in [-0.4, -0.2) is 33.8 Å². The second-order valence-electron chi connectivity index (χ2n) is 5.34. The van der Waals surface area contributed by atoms with Gasteiger partial charge in [0.15, 0.2) is 0 Å². The second kappa shape index (κ2) is 3.88. The Labute approximate surface area is 106 Å². The van der Waals surface area contributed by atoms with Crippen LogP contribution in [0.3, 0.4) is 0 Å². The van der Waals surface area contributed by atoms with E-state index >= 15 is 0 Å². The fraction of sp³-hybridized carbons (Fsp3) is 0.462. The van der Waals surface area contributed by atoms with Gasteiger partial charge in [-0.2, -0.15) is 0 Å². The summed E-state index contributed by atoms with van der Waals surface area (Å²) in [6.07, 6.45) is 0. The number of para-hydroxylation sites is 1. The molecule has 0 aliphatic carbocycles. The van der Waals surface area contributed by atoms with Crippen LogP contribution in [-0.2, 0) is 0 Å². The molecule has 2 heterocycles. The Morgan fingerprint density at radius 3 is 2.50 bits per heavy atom. The molecular formula is C13H17N5. The topological polar surface area (TPSA) is 67.9 Å². The lowest BCUT2D eigenvalue weighted by Gasteiger charge is -2.50. The third kappa shape index (κ3) is 1.71. The van der Waals surface area contributed by atoms with Crippen LogP contribution in [0.4, 0.5) is 5.95 Å². The lowest BCUT2D eigenvalue weighted by molar-refractivity contribution is 0.242. The molecule has 0 unspecified atom stereocenters. The van der Waals surface area contributed by atoms with E-state index in [1.165, 1.54) is 0 Å². The van der Waals surface area contributed by atoms with Crippen LogP contribution in [0.5, 0.6) is 0 Å². The molecule has 0 bridgehead atoms. The summed E-state index contributed by atoms with van der Waals surface area (Å²) >= 11 is 0. The van der Waals surface area contributed by atoms with Crippen molar-refractivity contribution in [1.29, 1.82) is 0 Å². The number of rotatable bonds is 2. The molecule has 5 nitrogen and oxygen atoms in total. The first-order valence-electron chi connectivity index (χ1n) is 6.22. The number of aromatic nitrogens is 3. The van der Waals surface area contributed by atoms with Crippen molar-refractivity contribution in [2.45, 2.75) is 19.4 Å². The molecule has 2 N–H and O–H groups in total. The monoisotopic (exact) mass is 243 g/mol. The number of hydrogen-bond donors (Lipinski definition) is 1. The normalized spacial score (nSPS) is 18.1. The van der Waals surface area contributed by atoms with Gasteiger partial charge in [-0.15, -0.1) is 10.2 Å². The van der Waals surface area contributed by atoms with Gasteiger partial charge in [-0.05, 0) is 18.1 Å².